The van der Waals surface area contributed by atoms with E-state index in [0.29, 0.717) is 5.69 Å². The van der Waals surface area contributed by atoms with Gasteiger partial charge in [0.05, 0.1) is 0 Å². The number of carbonyl (C=O) groups excluding carboxylic acids is 1. The summed E-state index contributed by atoms with van der Waals surface area (Å²) >= 11 is 0. The summed E-state index contributed by atoms with van der Waals surface area (Å²) in [6, 6.07) is 10.4. The molecule has 2 aliphatic heterocycles. The van der Waals surface area contributed by atoms with Crippen LogP contribution in [0.5, 0.6) is 0 Å². The minimum Gasteiger partial charge on any atom is -0.352 e. The van der Waals surface area contributed by atoms with Gasteiger partial charge in [-0.3, -0.25) is 4.79 Å². The van der Waals surface area contributed by atoms with Gasteiger partial charge in [0.1, 0.15) is 17.8 Å². The molecule has 2 aliphatic rings. The van der Waals surface area contributed by atoms with Crippen LogP contribution >= 0.6 is 0 Å². The number of amides is 1. The Morgan fingerprint density at radius 3 is 2.56 bits per heavy atom. The van der Waals surface area contributed by atoms with Gasteiger partial charge in [0, 0.05) is 45.3 Å². The molecular weight excluding hydrogens is 314 g/mol. The van der Waals surface area contributed by atoms with Gasteiger partial charge in [-0.1, -0.05) is 24.3 Å². The molecule has 4 rings (SSSR count). The summed E-state index contributed by atoms with van der Waals surface area (Å²) in [5.74, 6) is 0.844. The molecule has 6 nitrogen and oxygen atoms in total. The maximum atomic E-state index is 12.7. The monoisotopic (exact) mass is 337 g/mol. The number of hydrogen-bond acceptors (Lipinski definition) is 5. The summed E-state index contributed by atoms with van der Waals surface area (Å²) in [7, 11) is 2.08. The molecule has 0 radical (unpaired) electrons. The molecule has 1 amide bonds. The third-order valence-electron chi connectivity index (χ3n) is 5.12. The van der Waals surface area contributed by atoms with E-state index in [-0.39, 0.29) is 5.91 Å². The first-order valence-corrected chi connectivity index (χ1v) is 8.82. The van der Waals surface area contributed by atoms with E-state index in [4.69, 9.17) is 0 Å². The summed E-state index contributed by atoms with van der Waals surface area (Å²) in [5.41, 5.74) is 3.23. The molecule has 0 atom stereocenters. The van der Waals surface area contributed by atoms with Crippen LogP contribution in [0.3, 0.4) is 0 Å². The number of likely N-dealkylation sites (N-methyl/N-ethyl adjacent to an activating group) is 1. The topological polar surface area (TPSA) is 52.6 Å². The summed E-state index contributed by atoms with van der Waals surface area (Å²) in [4.78, 5) is 27.7. The lowest BCUT2D eigenvalue weighted by Crippen LogP contribution is -2.47. The second kappa shape index (κ2) is 6.80. The van der Waals surface area contributed by atoms with Crippen LogP contribution < -0.4 is 4.90 Å². The number of piperazine rings is 1. The van der Waals surface area contributed by atoms with Crippen LogP contribution in [0.2, 0.25) is 0 Å². The average Bonchev–Trinajstić information content (AvgIpc) is 2.68. The number of hydrogen-bond donors (Lipinski definition) is 0. The molecule has 2 aromatic rings. The predicted octanol–water partition coefficient (Wildman–Crippen LogP) is 1.43. The molecule has 0 unspecified atom stereocenters. The Hall–Kier alpha value is -2.47. The Morgan fingerprint density at radius 2 is 1.76 bits per heavy atom. The van der Waals surface area contributed by atoms with Gasteiger partial charge in [-0.05, 0) is 24.6 Å². The van der Waals surface area contributed by atoms with E-state index in [2.05, 4.69) is 51.1 Å². The second-order valence-electron chi connectivity index (χ2n) is 6.80. The fourth-order valence-corrected chi connectivity index (χ4v) is 3.50. The Balaban J connectivity index is 1.51. The molecule has 1 fully saturated rings. The van der Waals surface area contributed by atoms with Gasteiger partial charge in [-0.25, -0.2) is 9.97 Å². The zero-order chi connectivity index (χ0) is 17.2. The van der Waals surface area contributed by atoms with Crippen LogP contribution in [0.4, 0.5) is 5.82 Å². The molecular formula is C19H23N5O. The van der Waals surface area contributed by atoms with Gasteiger partial charge < -0.3 is 14.7 Å². The highest BCUT2D eigenvalue weighted by Gasteiger charge is 2.23. The maximum absolute atomic E-state index is 12.7. The van der Waals surface area contributed by atoms with Gasteiger partial charge in [0.2, 0.25) is 0 Å². The normalized spacial score (nSPS) is 18.1. The van der Waals surface area contributed by atoms with Crippen LogP contribution in [0.25, 0.3) is 0 Å². The molecule has 1 aromatic carbocycles. The van der Waals surface area contributed by atoms with Gasteiger partial charge in [0.15, 0.2) is 0 Å². The van der Waals surface area contributed by atoms with Crippen molar-refractivity contribution in [1.82, 2.24) is 19.8 Å². The third-order valence-corrected chi connectivity index (χ3v) is 5.12. The SMILES string of the molecule is CN1CCN(C(=O)c2cc(N3CCc4ccccc4C3)ncn2)CC1. The van der Waals surface area contributed by atoms with Crippen molar-refractivity contribution in [3.63, 3.8) is 0 Å². The van der Waals surface area contributed by atoms with Crippen molar-refractivity contribution in [3.8, 4) is 0 Å². The number of aromatic nitrogens is 2. The quantitative estimate of drug-likeness (QED) is 0.830. The molecule has 0 aliphatic carbocycles. The highest BCUT2D eigenvalue weighted by atomic mass is 16.2. The summed E-state index contributed by atoms with van der Waals surface area (Å²) in [5, 5.41) is 0. The van der Waals surface area contributed by atoms with Gasteiger partial charge in [-0.15, -0.1) is 0 Å². The standard InChI is InChI=1S/C19H23N5O/c1-22-8-10-23(11-9-22)19(25)17-12-18(21-14-20-17)24-7-6-15-4-2-3-5-16(15)13-24/h2-5,12,14H,6-11,13H2,1H3. The number of benzene rings is 1. The first-order valence-electron chi connectivity index (χ1n) is 8.82. The predicted molar refractivity (Wildman–Crippen MR) is 96.6 cm³/mol. The van der Waals surface area contributed by atoms with Crippen molar-refractivity contribution in [2.24, 2.45) is 0 Å². The van der Waals surface area contributed by atoms with Crippen LogP contribution in [-0.2, 0) is 13.0 Å². The van der Waals surface area contributed by atoms with E-state index in [1.807, 2.05) is 11.0 Å². The molecule has 6 heteroatoms. The molecule has 130 valence electrons. The van der Waals surface area contributed by atoms with Crippen LogP contribution in [0.1, 0.15) is 21.6 Å². The van der Waals surface area contributed by atoms with Crippen molar-refractivity contribution < 1.29 is 4.79 Å². The lowest BCUT2D eigenvalue weighted by atomic mass is 10.00. The van der Waals surface area contributed by atoms with Gasteiger partial charge in [-0.2, -0.15) is 0 Å². The molecule has 25 heavy (non-hydrogen) atoms. The minimum absolute atomic E-state index is 0.00848. The average molecular weight is 337 g/mol. The molecule has 0 bridgehead atoms. The number of anilines is 1. The van der Waals surface area contributed by atoms with E-state index in [1.165, 1.54) is 17.5 Å². The molecule has 0 N–H and O–H groups in total. The zero-order valence-electron chi connectivity index (χ0n) is 14.6. The van der Waals surface area contributed by atoms with Crippen LogP contribution in [0.15, 0.2) is 36.7 Å². The molecule has 3 heterocycles. The molecule has 0 saturated carbocycles. The summed E-state index contributed by atoms with van der Waals surface area (Å²) in [6.07, 6.45) is 2.51. The minimum atomic E-state index is 0.00848. The summed E-state index contributed by atoms with van der Waals surface area (Å²) in [6.45, 7) is 5.07. The Labute approximate surface area is 148 Å². The smallest absolute Gasteiger partial charge is 0.272 e. The van der Waals surface area contributed by atoms with E-state index in [9.17, 15) is 4.79 Å². The van der Waals surface area contributed by atoms with Crippen molar-refractivity contribution in [2.45, 2.75) is 13.0 Å². The van der Waals surface area contributed by atoms with E-state index in [1.54, 1.807) is 0 Å². The fraction of sp³-hybridized carbons (Fsp3) is 0.421. The second-order valence-corrected chi connectivity index (χ2v) is 6.80. The number of fused-ring (bicyclic) bond motifs is 1. The van der Waals surface area contributed by atoms with Crippen LogP contribution in [-0.4, -0.2) is 65.4 Å². The Kier molecular flexibility index (Phi) is 4.36. The Bertz CT molecular complexity index is 770. The number of carbonyl (C=O) groups is 1. The maximum Gasteiger partial charge on any atom is 0.272 e. The third kappa shape index (κ3) is 3.35. The first kappa shape index (κ1) is 16.0. The first-order chi connectivity index (χ1) is 12.2. The number of nitrogens with zero attached hydrogens (tertiary/aromatic N) is 5. The molecule has 1 aromatic heterocycles. The number of rotatable bonds is 2. The van der Waals surface area contributed by atoms with Gasteiger partial charge >= 0.3 is 0 Å². The van der Waals surface area contributed by atoms with Crippen molar-refractivity contribution in [2.75, 3.05) is 44.7 Å². The zero-order valence-corrected chi connectivity index (χ0v) is 14.6. The lowest BCUT2D eigenvalue weighted by Gasteiger charge is -2.32. The highest BCUT2D eigenvalue weighted by Crippen LogP contribution is 2.23. The van der Waals surface area contributed by atoms with E-state index < -0.39 is 0 Å². The lowest BCUT2D eigenvalue weighted by molar-refractivity contribution is 0.0658. The van der Waals surface area contributed by atoms with E-state index >= 15 is 0 Å². The van der Waals surface area contributed by atoms with E-state index in [0.717, 1.165) is 51.5 Å². The Morgan fingerprint density at radius 1 is 1.00 bits per heavy atom. The molecule has 0 spiro atoms. The van der Waals surface area contributed by atoms with Crippen molar-refractivity contribution >= 4 is 11.7 Å². The van der Waals surface area contributed by atoms with Gasteiger partial charge in [0.25, 0.3) is 5.91 Å². The largest absolute Gasteiger partial charge is 0.352 e. The van der Waals surface area contributed by atoms with Crippen molar-refractivity contribution in [1.29, 1.82) is 0 Å². The molecule has 1 saturated heterocycles. The van der Waals surface area contributed by atoms with Crippen molar-refractivity contribution in [3.05, 3.63) is 53.5 Å². The highest BCUT2D eigenvalue weighted by molar-refractivity contribution is 5.93. The fourth-order valence-electron chi connectivity index (χ4n) is 3.50. The summed E-state index contributed by atoms with van der Waals surface area (Å²) < 4.78 is 0. The van der Waals surface area contributed by atoms with Crippen LogP contribution in [0, 0.1) is 0 Å².